The molecule has 3 aromatic heterocycles. The Kier molecular flexibility index (Phi) is 6.12. The van der Waals surface area contributed by atoms with E-state index in [9.17, 15) is 18.4 Å². The average Bonchev–Trinajstić information content (AvgIpc) is 3.42. The second kappa shape index (κ2) is 9.64. The lowest BCUT2D eigenvalue weighted by Gasteiger charge is -2.36. The molecule has 2 fully saturated rings. The van der Waals surface area contributed by atoms with Gasteiger partial charge in [-0.1, -0.05) is 6.07 Å². The van der Waals surface area contributed by atoms with Crippen LogP contribution < -0.4 is 20.5 Å². The standard InChI is InChI=1S/C26H26F2N8O3/c1-15-3-6-22(39-24(27)28)20(32-15)14-36-21-9-16(4-5-19(21)23(37)33(36)2)17-10-29-25(30-11-17)34-7-8-35-18(13-34)12-31-26(35)38/h3-6,9-11,18,24H,7-8,12-14H2,1-2H3,(H,31,38)/t18-/m0/s1. The highest BCUT2D eigenvalue weighted by Crippen LogP contribution is 2.26. The largest absolute Gasteiger partial charge is 0.433 e. The Balaban J connectivity index is 1.30. The van der Waals surface area contributed by atoms with E-state index >= 15 is 0 Å². The van der Waals surface area contributed by atoms with E-state index in [1.807, 2.05) is 17.0 Å². The lowest BCUT2D eigenvalue weighted by Crippen LogP contribution is -2.52. The fourth-order valence-corrected chi connectivity index (χ4v) is 5.22. The quantitative estimate of drug-likeness (QED) is 0.403. The summed E-state index contributed by atoms with van der Waals surface area (Å²) in [5.41, 5.74) is 2.89. The Hall–Kier alpha value is -4.55. The fourth-order valence-electron chi connectivity index (χ4n) is 5.22. The SMILES string of the molecule is Cc1ccc(OC(F)F)c(Cn2c3cc(-c4cnc(N5CCN6C(=O)NC[C@H]6C5)nc4)ccc3c(=O)n2C)n1. The Morgan fingerprint density at radius 2 is 1.90 bits per heavy atom. The van der Waals surface area contributed by atoms with Crippen molar-refractivity contribution in [3.05, 3.63) is 64.5 Å². The maximum atomic E-state index is 13.0. The van der Waals surface area contributed by atoms with Crippen LogP contribution in [0.5, 0.6) is 5.75 Å². The molecule has 2 amide bonds. The summed E-state index contributed by atoms with van der Waals surface area (Å²) in [6.45, 7) is 1.36. The first-order chi connectivity index (χ1) is 18.8. The summed E-state index contributed by atoms with van der Waals surface area (Å²) in [7, 11) is 1.62. The van der Waals surface area contributed by atoms with Crippen molar-refractivity contribution in [2.45, 2.75) is 26.1 Å². The minimum atomic E-state index is -2.99. The van der Waals surface area contributed by atoms with Crippen LogP contribution >= 0.6 is 0 Å². The Morgan fingerprint density at radius 3 is 2.67 bits per heavy atom. The number of aromatic nitrogens is 5. The first kappa shape index (κ1) is 24.8. The van der Waals surface area contributed by atoms with Gasteiger partial charge in [0.1, 0.15) is 11.4 Å². The topological polar surface area (TPSA) is 110 Å². The van der Waals surface area contributed by atoms with Crippen molar-refractivity contribution in [3.63, 3.8) is 0 Å². The molecule has 6 rings (SSSR count). The number of piperazine rings is 1. The van der Waals surface area contributed by atoms with Crippen LogP contribution in [0.15, 0.2) is 47.5 Å². The van der Waals surface area contributed by atoms with Crippen LogP contribution in [0.3, 0.4) is 0 Å². The van der Waals surface area contributed by atoms with Gasteiger partial charge in [-0.15, -0.1) is 0 Å². The molecule has 1 aromatic carbocycles. The second-order valence-corrected chi connectivity index (χ2v) is 9.65. The molecule has 0 aliphatic carbocycles. The van der Waals surface area contributed by atoms with E-state index in [1.165, 1.54) is 10.7 Å². The molecular formula is C26H26F2N8O3. The van der Waals surface area contributed by atoms with Gasteiger partial charge in [-0.05, 0) is 36.8 Å². The normalized spacial score (nSPS) is 17.2. The summed E-state index contributed by atoms with van der Waals surface area (Å²) in [4.78, 5) is 42.3. The summed E-state index contributed by atoms with van der Waals surface area (Å²) >= 11 is 0. The molecular weight excluding hydrogens is 510 g/mol. The number of fused-ring (bicyclic) bond motifs is 2. The summed E-state index contributed by atoms with van der Waals surface area (Å²) < 4.78 is 33.8. The maximum Gasteiger partial charge on any atom is 0.387 e. The smallest absolute Gasteiger partial charge is 0.387 e. The molecule has 11 nitrogen and oxygen atoms in total. The zero-order valence-corrected chi connectivity index (χ0v) is 21.3. The number of nitrogens with zero attached hydrogens (tertiary/aromatic N) is 7. The van der Waals surface area contributed by atoms with Crippen LogP contribution in [-0.4, -0.2) is 74.1 Å². The average molecular weight is 537 g/mol. The monoisotopic (exact) mass is 536 g/mol. The lowest BCUT2D eigenvalue weighted by atomic mass is 10.1. The summed E-state index contributed by atoms with van der Waals surface area (Å²) in [5.74, 6) is 0.552. The van der Waals surface area contributed by atoms with Gasteiger partial charge >= 0.3 is 12.6 Å². The van der Waals surface area contributed by atoms with Crippen molar-refractivity contribution in [2.75, 3.05) is 31.1 Å². The molecule has 0 radical (unpaired) electrons. The third-order valence-corrected chi connectivity index (χ3v) is 7.24. The summed E-state index contributed by atoms with van der Waals surface area (Å²) in [6, 6.07) is 8.55. The molecule has 0 saturated carbocycles. The number of alkyl halides is 2. The number of benzene rings is 1. The molecule has 1 atom stereocenters. The Morgan fingerprint density at radius 1 is 1.10 bits per heavy atom. The van der Waals surface area contributed by atoms with Crippen molar-refractivity contribution in [3.8, 4) is 16.9 Å². The fraction of sp³-hybridized carbons (Fsp3) is 0.346. The van der Waals surface area contributed by atoms with E-state index in [0.29, 0.717) is 54.4 Å². The van der Waals surface area contributed by atoms with E-state index in [-0.39, 0.29) is 29.9 Å². The molecule has 2 aliphatic rings. The van der Waals surface area contributed by atoms with E-state index < -0.39 is 6.61 Å². The van der Waals surface area contributed by atoms with E-state index in [4.69, 9.17) is 0 Å². The molecule has 2 saturated heterocycles. The maximum absolute atomic E-state index is 13.0. The molecule has 4 aromatic rings. The van der Waals surface area contributed by atoms with E-state index in [1.54, 1.807) is 43.2 Å². The Bertz CT molecular complexity index is 1620. The number of urea groups is 1. The predicted octanol–water partition coefficient (Wildman–Crippen LogP) is 2.36. The molecule has 202 valence electrons. The molecule has 5 heterocycles. The van der Waals surface area contributed by atoms with Crippen molar-refractivity contribution in [1.82, 2.24) is 34.5 Å². The van der Waals surface area contributed by atoms with Crippen molar-refractivity contribution in [2.24, 2.45) is 7.05 Å². The molecule has 39 heavy (non-hydrogen) atoms. The van der Waals surface area contributed by atoms with Gasteiger partial charge in [-0.25, -0.2) is 14.8 Å². The molecule has 1 N–H and O–H groups in total. The highest BCUT2D eigenvalue weighted by molar-refractivity contribution is 5.84. The number of anilines is 1. The number of hydrogen-bond donors (Lipinski definition) is 1. The number of carbonyl (C=O) groups excluding carboxylic acids is 1. The van der Waals surface area contributed by atoms with Gasteiger partial charge in [0.15, 0.2) is 0 Å². The number of amides is 2. The molecule has 2 aliphatic heterocycles. The van der Waals surface area contributed by atoms with Gasteiger partial charge in [-0.2, -0.15) is 8.78 Å². The van der Waals surface area contributed by atoms with Gasteiger partial charge in [0, 0.05) is 56.9 Å². The van der Waals surface area contributed by atoms with Gasteiger partial charge in [0.05, 0.1) is 23.5 Å². The number of ether oxygens (including phenoxy) is 1. The van der Waals surface area contributed by atoms with Crippen LogP contribution in [0.1, 0.15) is 11.4 Å². The first-order valence-corrected chi connectivity index (χ1v) is 12.5. The molecule has 0 bridgehead atoms. The zero-order valence-electron chi connectivity index (χ0n) is 21.3. The van der Waals surface area contributed by atoms with Crippen LogP contribution in [0.2, 0.25) is 0 Å². The number of aryl methyl sites for hydroxylation is 1. The first-order valence-electron chi connectivity index (χ1n) is 12.5. The zero-order chi connectivity index (χ0) is 27.3. The van der Waals surface area contributed by atoms with Gasteiger partial charge in [0.2, 0.25) is 5.95 Å². The number of nitrogens with one attached hydrogen (secondary N) is 1. The minimum Gasteiger partial charge on any atom is -0.433 e. The van der Waals surface area contributed by atoms with Gasteiger partial charge in [-0.3, -0.25) is 19.1 Å². The van der Waals surface area contributed by atoms with Crippen molar-refractivity contribution >= 4 is 22.9 Å². The van der Waals surface area contributed by atoms with Crippen LogP contribution in [0.25, 0.3) is 22.0 Å². The molecule has 13 heteroatoms. The number of halogens is 2. The highest BCUT2D eigenvalue weighted by atomic mass is 19.3. The van der Waals surface area contributed by atoms with Crippen LogP contribution in [0.4, 0.5) is 19.5 Å². The van der Waals surface area contributed by atoms with Gasteiger partial charge < -0.3 is 19.9 Å². The van der Waals surface area contributed by atoms with Crippen molar-refractivity contribution < 1.29 is 18.3 Å². The molecule has 0 unspecified atom stereocenters. The number of rotatable bonds is 6. The molecule has 0 spiro atoms. The van der Waals surface area contributed by atoms with Crippen LogP contribution in [-0.2, 0) is 13.6 Å². The number of hydrogen-bond acceptors (Lipinski definition) is 7. The van der Waals surface area contributed by atoms with Crippen molar-refractivity contribution in [1.29, 1.82) is 0 Å². The third-order valence-electron chi connectivity index (χ3n) is 7.24. The summed E-state index contributed by atoms with van der Waals surface area (Å²) in [5, 5.41) is 3.35. The van der Waals surface area contributed by atoms with Crippen LogP contribution in [0, 0.1) is 6.92 Å². The number of carbonyl (C=O) groups is 1. The van der Waals surface area contributed by atoms with Gasteiger partial charge in [0.25, 0.3) is 5.56 Å². The number of pyridine rings is 1. The minimum absolute atomic E-state index is 0.0263. The second-order valence-electron chi connectivity index (χ2n) is 9.65. The lowest BCUT2D eigenvalue weighted by molar-refractivity contribution is -0.0508. The third kappa shape index (κ3) is 4.53. The summed E-state index contributed by atoms with van der Waals surface area (Å²) in [6.07, 6.45) is 3.46. The highest BCUT2D eigenvalue weighted by Gasteiger charge is 2.36. The van der Waals surface area contributed by atoms with E-state index in [0.717, 1.165) is 11.1 Å². The predicted molar refractivity (Wildman–Crippen MR) is 139 cm³/mol. The van der Waals surface area contributed by atoms with E-state index in [2.05, 4.69) is 29.9 Å². The Labute approximate surface area is 221 Å².